The molecular formula is C14H16ClN3O3. The lowest BCUT2D eigenvalue weighted by molar-refractivity contribution is 0.0636. The highest BCUT2D eigenvalue weighted by Gasteiger charge is 2.18. The number of carbonyl (C=O) groups excluding carboxylic acids is 1. The first-order valence-electron chi connectivity index (χ1n) is 6.26. The molecule has 21 heavy (non-hydrogen) atoms. The maximum atomic E-state index is 11.9. The quantitative estimate of drug-likeness (QED) is 0.877. The van der Waals surface area contributed by atoms with Gasteiger partial charge in [-0.2, -0.15) is 0 Å². The SMILES string of the molecule is CC(C)(C)OC(=O)Nc1ccc(Cl)cc1-c1cnc(N)o1. The van der Waals surface area contributed by atoms with E-state index in [9.17, 15) is 4.79 Å². The predicted molar refractivity (Wildman–Crippen MR) is 81.2 cm³/mol. The second-order valence-electron chi connectivity index (χ2n) is 5.38. The molecule has 0 radical (unpaired) electrons. The molecule has 0 saturated carbocycles. The van der Waals surface area contributed by atoms with Crippen molar-refractivity contribution in [3.8, 4) is 11.3 Å². The van der Waals surface area contributed by atoms with Crippen molar-refractivity contribution in [1.82, 2.24) is 4.98 Å². The Balaban J connectivity index is 2.30. The van der Waals surface area contributed by atoms with E-state index in [1.807, 2.05) is 0 Å². The van der Waals surface area contributed by atoms with E-state index in [0.29, 0.717) is 22.0 Å². The molecule has 0 aliphatic heterocycles. The molecule has 112 valence electrons. The summed E-state index contributed by atoms with van der Waals surface area (Å²) in [6.07, 6.45) is 0.889. The molecule has 0 fully saturated rings. The van der Waals surface area contributed by atoms with Crippen LogP contribution in [0.3, 0.4) is 0 Å². The molecule has 0 spiro atoms. The summed E-state index contributed by atoms with van der Waals surface area (Å²) in [6.45, 7) is 5.35. The van der Waals surface area contributed by atoms with Gasteiger partial charge in [-0.05, 0) is 39.0 Å². The van der Waals surface area contributed by atoms with Crippen LogP contribution in [-0.2, 0) is 4.74 Å². The van der Waals surface area contributed by atoms with Crippen LogP contribution in [0.25, 0.3) is 11.3 Å². The number of rotatable bonds is 2. The van der Waals surface area contributed by atoms with Crippen molar-refractivity contribution in [3.05, 3.63) is 29.4 Å². The summed E-state index contributed by atoms with van der Waals surface area (Å²) in [4.78, 5) is 15.7. The van der Waals surface area contributed by atoms with Crippen LogP contribution < -0.4 is 11.1 Å². The fourth-order valence-corrected chi connectivity index (χ4v) is 1.83. The molecule has 6 nitrogen and oxygen atoms in total. The summed E-state index contributed by atoms with van der Waals surface area (Å²) in [5, 5.41) is 3.15. The molecule has 1 amide bonds. The number of aromatic nitrogens is 1. The average molecular weight is 310 g/mol. The lowest BCUT2D eigenvalue weighted by Gasteiger charge is -2.20. The Bertz CT molecular complexity index is 662. The Kier molecular flexibility index (Phi) is 4.09. The van der Waals surface area contributed by atoms with Crippen LogP contribution in [0, 0.1) is 0 Å². The molecule has 0 aliphatic carbocycles. The number of anilines is 2. The number of hydrogen-bond acceptors (Lipinski definition) is 5. The summed E-state index contributed by atoms with van der Waals surface area (Å²) >= 11 is 5.98. The largest absolute Gasteiger partial charge is 0.444 e. The lowest BCUT2D eigenvalue weighted by atomic mass is 10.1. The molecule has 0 aliphatic rings. The standard InChI is InChI=1S/C14H16ClN3O3/c1-14(2,3)21-13(19)18-10-5-4-8(15)6-9(10)11-7-17-12(16)20-11/h4-7H,1-3H3,(H2,16,17)(H,18,19). The van der Waals surface area contributed by atoms with Crippen molar-refractivity contribution in [3.63, 3.8) is 0 Å². The van der Waals surface area contributed by atoms with Gasteiger partial charge in [-0.15, -0.1) is 0 Å². The van der Waals surface area contributed by atoms with E-state index in [0.717, 1.165) is 0 Å². The van der Waals surface area contributed by atoms with Gasteiger partial charge in [0.25, 0.3) is 6.01 Å². The van der Waals surface area contributed by atoms with Gasteiger partial charge in [0, 0.05) is 10.6 Å². The van der Waals surface area contributed by atoms with E-state index in [-0.39, 0.29) is 6.01 Å². The van der Waals surface area contributed by atoms with Crippen molar-refractivity contribution in [2.24, 2.45) is 0 Å². The molecular weight excluding hydrogens is 294 g/mol. The summed E-state index contributed by atoms with van der Waals surface area (Å²) in [7, 11) is 0. The van der Waals surface area contributed by atoms with Crippen LogP contribution in [0.4, 0.5) is 16.5 Å². The van der Waals surface area contributed by atoms with Gasteiger partial charge in [-0.1, -0.05) is 11.6 Å². The first kappa shape index (κ1) is 15.2. The number of nitrogens with one attached hydrogen (secondary N) is 1. The Labute approximate surface area is 127 Å². The second-order valence-corrected chi connectivity index (χ2v) is 5.82. The number of ether oxygens (including phenoxy) is 1. The first-order valence-corrected chi connectivity index (χ1v) is 6.63. The van der Waals surface area contributed by atoms with Crippen LogP contribution in [0.15, 0.2) is 28.8 Å². The van der Waals surface area contributed by atoms with E-state index < -0.39 is 11.7 Å². The van der Waals surface area contributed by atoms with Crippen LogP contribution in [-0.4, -0.2) is 16.7 Å². The number of nitrogens with zero attached hydrogens (tertiary/aromatic N) is 1. The predicted octanol–water partition coefficient (Wildman–Crippen LogP) is 3.92. The highest BCUT2D eigenvalue weighted by atomic mass is 35.5. The zero-order chi connectivity index (χ0) is 15.6. The summed E-state index contributed by atoms with van der Waals surface area (Å²) < 4.78 is 10.5. The van der Waals surface area contributed by atoms with Crippen LogP contribution in [0.2, 0.25) is 5.02 Å². The van der Waals surface area contributed by atoms with Crippen molar-refractivity contribution in [2.45, 2.75) is 26.4 Å². The summed E-state index contributed by atoms with van der Waals surface area (Å²) in [5.74, 6) is 0.404. The summed E-state index contributed by atoms with van der Waals surface area (Å²) in [5.41, 5.74) is 5.93. The lowest BCUT2D eigenvalue weighted by Crippen LogP contribution is -2.27. The van der Waals surface area contributed by atoms with Gasteiger partial charge in [0.1, 0.15) is 5.60 Å². The maximum Gasteiger partial charge on any atom is 0.412 e. The molecule has 0 unspecified atom stereocenters. The van der Waals surface area contributed by atoms with E-state index in [2.05, 4.69) is 10.3 Å². The minimum absolute atomic E-state index is 0.0354. The fourth-order valence-electron chi connectivity index (χ4n) is 1.66. The monoisotopic (exact) mass is 309 g/mol. The Morgan fingerprint density at radius 3 is 2.71 bits per heavy atom. The Morgan fingerprint density at radius 1 is 1.43 bits per heavy atom. The number of oxazole rings is 1. The van der Waals surface area contributed by atoms with Gasteiger partial charge >= 0.3 is 6.09 Å². The topological polar surface area (TPSA) is 90.4 Å². The van der Waals surface area contributed by atoms with Crippen molar-refractivity contribution in [2.75, 3.05) is 11.1 Å². The van der Waals surface area contributed by atoms with Gasteiger partial charge in [-0.25, -0.2) is 9.78 Å². The highest BCUT2D eigenvalue weighted by Crippen LogP contribution is 2.32. The number of benzene rings is 1. The summed E-state index contributed by atoms with van der Waals surface area (Å²) in [6, 6.07) is 4.99. The third-order valence-corrected chi connectivity index (χ3v) is 2.64. The highest BCUT2D eigenvalue weighted by molar-refractivity contribution is 6.31. The van der Waals surface area contributed by atoms with Crippen LogP contribution >= 0.6 is 11.6 Å². The third-order valence-electron chi connectivity index (χ3n) is 2.41. The minimum atomic E-state index is -0.590. The number of nitrogens with two attached hydrogens (primary N) is 1. The van der Waals surface area contributed by atoms with Gasteiger partial charge in [0.05, 0.1) is 11.9 Å². The second kappa shape index (κ2) is 5.65. The van der Waals surface area contributed by atoms with Gasteiger partial charge < -0.3 is 14.9 Å². The number of amides is 1. The molecule has 1 heterocycles. The van der Waals surface area contributed by atoms with E-state index >= 15 is 0 Å². The van der Waals surface area contributed by atoms with Gasteiger partial charge in [0.15, 0.2) is 5.76 Å². The number of halogens is 1. The Hall–Kier alpha value is -2.21. The minimum Gasteiger partial charge on any atom is -0.444 e. The van der Waals surface area contributed by atoms with Crippen molar-refractivity contribution < 1.29 is 13.9 Å². The van der Waals surface area contributed by atoms with Crippen molar-refractivity contribution >= 4 is 29.4 Å². The molecule has 7 heteroatoms. The third kappa shape index (κ3) is 4.13. The molecule has 1 aromatic carbocycles. The van der Waals surface area contributed by atoms with E-state index in [4.69, 9.17) is 26.5 Å². The number of carbonyl (C=O) groups is 1. The molecule has 3 N–H and O–H groups in total. The first-order chi connectivity index (χ1) is 9.74. The number of nitrogen functional groups attached to an aromatic ring is 1. The molecule has 1 aromatic heterocycles. The molecule has 2 rings (SSSR count). The smallest absolute Gasteiger partial charge is 0.412 e. The van der Waals surface area contributed by atoms with Crippen LogP contribution in [0.1, 0.15) is 20.8 Å². The van der Waals surface area contributed by atoms with E-state index in [1.165, 1.54) is 6.20 Å². The molecule has 2 aromatic rings. The maximum absolute atomic E-state index is 11.9. The zero-order valence-electron chi connectivity index (χ0n) is 11.9. The molecule has 0 bridgehead atoms. The van der Waals surface area contributed by atoms with E-state index in [1.54, 1.807) is 39.0 Å². The molecule has 0 atom stereocenters. The average Bonchev–Trinajstić information content (AvgIpc) is 2.75. The fraction of sp³-hybridized carbons (Fsp3) is 0.286. The molecule has 0 saturated heterocycles. The Morgan fingerprint density at radius 2 is 2.14 bits per heavy atom. The normalized spacial score (nSPS) is 11.2. The van der Waals surface area contributed by atoms with Gasteiger partial charge in [-0.3, -0.25) is 5.32 Å². The number of hydrogen-bond donors (Lipinski definition) is 2. The zero-order valence-corrected chi connectivity index (χ0v) is 12.7. The van der Waals surface area contributed by atoms with Crippen LogP contribution in [0.5, 0.6) is 0 Å². The van der Waals surface area contributed by atoms with Crippen molar-refractivity contribution in [1.29, 1.82) is 0 Å². The van der Waals surface area contributed by atoms with Gasteiger partial charge in [0.2, 0.25) is 0 Å².